The molecule has 0 spiro atoms. The molecule has 0 unspecified atom stereocenters. The molecule has 1 atom stereocenters. The second kappa shape index (κ2) is 5.94. The lowest BCUT2D eigenvalue weighted by Crippen LogP contribution is -2.34. The maximum absolute atomic E-state index is 12.6. The summed E-state index contributed by atoms with van der Waals surface area (Å²) in [5.41, 5.74) is 1.42. The SMILES string of the molecule is CC(C)[C@H](NC(=O)c1noc2c1CCCC2)c1nccn1C. The quantitative estimate of drug-likeness (QED) is 0.941. The first kappa shape index (κ1) is 14.8. The van der Waals surface area contributed by atoms with Crippen LogP contribution in [0.4, 0.5) is 0 Å². The summed E-state index contributed by atoms with van der Waals surface area (Å²) in [7, 11) is 1.93. The Morgan fingerprint density at radius 2 is 2.14 bits per heavy atom. The lowest BCUT2D eigenvalue weighted by Gasteiger charge is -2.22. The minimum absolute atomic E-state index is 0.150. The lowest BCUT2D eigenvalue weighted by atomic mass is 9.96. The zero-order chi connectivity index (χ0) is 15.7. The Labute approximate surface area is 129 Å². The number of amides is 1. The summed E-state index contributed by atoms with van der Waals surface area (Å²) >= 11 is 0. The predicted octanol–water partition coefficient (Wildman–Crippen LogP) is 2.41. The summed E-state index contributed by atoms with van der Waals surface area (Å²) in [5.74, 6) is 1.77. The van der Waals surface area contributed by atoms with E-state index < -0.39 is 0 Å². The van der Waals surface area contributed by atoms with Gasteiger partial charge in [-0.2, -0.15) is 0 Å². The van der Waals surface area contributed by atoms with E-state index >= 15 is 0 Å². The van der Waals surface area contributed by atoms with Crippen LogP contribution in [0.3, 0.4) is 0 Å². The first-order chi connectivity index (χ1) is 10.6. The molecule has 22 heavy (non-hydrogen) atoms. The average molecular weight is 302 g/mol. The Morgan fingerprint density at radius 1 is 1.36 bits per heavy atom. The van der Waals surface area contributed by atoms with Crippen molar-refractivity contribution >= 4 is 5.91 Å². The van der Waals surface area contributed by atoms with Crippen molar-refractivity contribution in [2.24, 2.45) is 13.0 Å². The summed E-state index contributed by atoms with van der Waals surface area (Å²) in [4.78, 5) is 17.0. The van der Waals surface area contributed by atoms with Crippen LogP contribution < -0.4 is 5.32 Å². The molecule has 0 radical (unpaired) electrons. The largest absolute Gasteiger partial charge is 0.360 e. The molecule has 1 aliphatic rings. The van der Waals surface area contributed by atoms with Crippen LogP contribution in [0, 0.1) is 5.92 Å². The van der Waals surface area contributed by atoms with E-state index in [-0.39, 0.29) is 17.9 Å². The van der Waals surface area contributed by atoms with Gasteiger partial charge in [-0.15, -0.1) is 0 Å². The van der Waals surface area contributed by atoms with Crippen LogP contribution in [0.2, 0.25) is 0 Å². The van der Waals surface area contributed by atoms with Gasteiger partial charge in [-0.05, 0) is 25.2 Å². The topological polar surface area (TPSA) is 73.0 Å². The number of aromatic nitrogens is 3. The molecular weight excluding hydrogens is 280 g/mol. The van der Waals surface area contributed by atoms with E-state index in [0.29, 0.717) is 5.69 Å². The van der Waals surface area contributed by atoms with Crippen LogP contribution in [-0.2, 0) is 19.9 Å². The number of carbonyl (C=O) groups excluding carboxylic acids is 1. The normalized spacial score (nSPS) is 15.6. The maximum Gasteiger partial charge on any atom is 0.274 e. The fourth-order valence-corrected chi connectivity index (χ4v) is 2.98. The Balaban J connectivity index is 1.83. The van der Waals surface area contributed by atoms with Gasteiger partial charge >= 0.3 is 0 Å². The lowest BCUT2D eigenvalue weighted by molar-refractivity contribution is 0.0912. The number of carbonyl (C=O) groups is 1. The van der Waals surface area contributed by atoms with E-state index in [0.717, 1.165) is 42.8 Å². The molecule has 6 heteroatoms. The van der Waals surface area contributed by atoms with Crippen LogP contribution in [0.15, 0.2) is 16.9 Å². The van der Waals surface area contributed by atoms with Crippen LogP contribution in [0.25, 0.3) is 0 Å². The molecule has 1 aliphatic carbocycles. The number of fused-ring (bicyclic) bond motifs is 1. The highest BCUT2D eigenvalue weighted by Gasteiger charge is 2.28. The number of nitrogens with one attached hydrogen (secondary N) is 1. The number of rotatable bonds is 4. The predicted molar refractivity (Wildman–Crippen MR) is 81.4 cm³/mol. The van der Waals surface area contributed by atoms with Gasteiger partial charge in [0.25, 0.3) is 5.91 Å². The highest BCUT2D eigenvalue weighted by Crippen LogP contribution is 2.25. The number of nitrogens with zero attached hydrogens (tertiary/aromatic N) is 3. The number of hydrogen-bond donors (Lipinski definition) is 1. The summed E-state index contributed by atoms with van der Waals surface area (Å²) in [6, 6.07) is -0.150. The fraction of sp³-hybridized carbons (Fsp3) is 0.562. The minimum Gasteiger partial charge on any atom is -0.360 e. The summed E-state index contributed by atoms with van der Waals surface area (Å²) in [5, 5.41) is 7.07. The number of hydrogen-bond acceptors (Lipinski definition) is 4. The highest BCUT2D eigenvalue weighted by atomic mass is 16.5. The molecule has 118 valence electrons. The third-order valence-electron chi connectivity index (χ3n) is 4.26. The summed E-state index contributed by atoms with van der Waals surface area (Å²) in [6.45, 7) is 4.13. The minimum atomic E-state index is -0.173. The van der Waals surface area contributed by atoms with Gasteiger partial charge in [-0.3, -0.25) is 4.79 Å². The first-order valence-electron chi connectivity index (χ1n) is 7.83. The van der Waals surface area contributed by atoms with Crippen molar-refractivity contribution < 1.29 is 9.32 Å². The smallest absolute Gasteiger partial charge is 0.274 e. The third kappa shape index (κ3) is 2.65. The van der Waals surface area contributed by atoms with Crippen molar-refractivity contribution in [3.8, 4) is 0 Å². The molecule has 3 rings (SSSR count). The van der Waals surface area contributed by atoms with Crippen molar-refractivity contribution in [2.45, 2.75) is 45.6 Å². The van der Waals surface area contributed by atoms with Gasteiger partial charge in [0.2, 0.25) is 0 Å². The van der Waals surface area contributed by atoms with Crippen LogP contribution in [-0.4, -0.2) is 20.6 Å². The van der Waals surface area contributed by atoms with Crippen molar-refractivity contribution in [1.29, 1.82) is 0 Å². The number of imidazole rings is 1. The van der Waals surface area contributed by atoms with Crippen molar-refractivity contribution in [2.75, 3.05) is 0 Å². The Morgan fingerprint density at radius 3 is 2.82 bits per heavy atom. The van der Waals surface area contributed by atoms with Crippen molar-refractivity contribution in [3.63, 3.8) is 0 Å². The average Bonchev–Trinajstić information content (AvgIpc) is 3.10. The zero-order valence-corrected chi connectivity index (χ0v) is 13.3. The Kier molecular flexibility index (Phi) is 4.00. The monoisotopic (exact) mass is 302 g/mol. The molecule has 0 aliphatic heterocycles. The number of aryl methyl sites for hydroxylation is 2. The molecule has 0 aromatic carbocycles. The molecule has 0 saturated heterocycles. The van der Waals surface area contributed by atoms with Gasteiger partial charge < -0.3 is 14.4 Å². The van der Waals surface area contributed by atoms with E-state index in [1.54, 1.807) is 6.20 Å². The Bertz CT molecular complexity index is 671. The molecule has 6 nitrogen and oxygen atoms in total. The fourth-order valence-electron chi connectivity index (χ4n) is 2.98. The molecule has 2 aromatic rings. The highest BCUT2D eigenvalue weighted by molar-refractivity contribution is 5.94. The van der Waals surface area contributed by atoms with Gasteiger partial charge in [0.15, 0.2) is 5.69 Å². The van der Waals surface area contributed by atoms with Gasteiger partial charge in [-0.1, -0.05) is 19.0 Å². The zero-order valence-electron chi connectivity index (χ0n) is 13.3. The van der Waals surface area contributed by atoms with Crippen LogP contribution >= 0.6 is 0 Å². The Hall–Kier alpha value is -2.11. The van der Waals surface area contributed by atoms with E-state index in [1.165, 1.54) is 0 Å². The molecule has 0 bridgehead atoms. The van der Waals surface area contributed by atoms with E-state index in [1.807, 2.05) is 17.8 Å². The van der Waals surface area contributed by atoms with E-state index in [9.17, 15) is 4.79 Å². The van der Waals surface area contributed by atoms with Crippen LogP contribution in [0.5, 0.6) is 0 Å². The summed E-state index contributed by atoms with van der Waals surface area (Å²) < 4.78 is 7.27. The molecule has 0 fully saturated rings. The van der Waals surface area contributed by atoms with Crippen molar-refractivity contribution in [1.82, 2.24) is 20.0 Å². The second-order valence-corrected chi connectivity index (χ2v) is 6.23. The first-order valence-corrected chi connectivity index (χ1v) is 7.83. The van der Waals surface area contributed by atoms with Crippen LogP contribution in [0.1, 0.15) is 60.4 Å². The maximum atomic E-state index is 12.6. The van der Waals surface area contributed by atoms with Gasteiger partial charge in [0, 0.05) is 31.4 Å². The van der Waals surface area contributed by atoms with E-state index in [2.05, 4.69) is 29.3 Å². The second-order valence-electron chi connectivity index (χ2n) is 6.23. The van der Waals surface area contributed by atoms with Gasteiger partial charge in [-0.25, -0.2) is 4.98 Å². The van der Waals surface area contributed by atoms with Gasteiger partial charge in [0.05, 0.1) is 6.04 Å². The van der Waals surface area contributed by atoms with E-state index in [4.69, 9.17) is 4.52 Å². The molecule has 2 heterocycles. The summed E-state index contributed by atoms with van der Waals surface area (Å²) in [6.07, 6.45) is 7.56. The molecule has 0 saturated carbocycles. The van der Waals surface area contributed by atoms with Gasteiger partial charge in [0.1, 0.15) is 11.6 Å². The standard InChI is InChI=1S/C16H22N4O2/c1-10(2)13(15-17-8-9-20(15)3)18-16(21)14-11-6-4-5-7-12(11)22-19-14/h8-10,13H,4-7H2,1-3H3,(H,18,21)/t13-/m0/s1. The molecule has 1 amide bonds. The third-order valence-corrected chi connectivity index (χ3v) is 4.26. The van der Waals surface area contributed by atoms with Crippen molar-refractivity contribution in [3.05, 3.63) is 35.2 Å². The molecule has 1 N–H and O–H groups in total. The molecular formula is C16H22N4O2. The molecule has 2 aromatic heterocycles.